The zero-order valence-electron chi connectivity index (χ0n) is 15.3. The maximum atomic E-state index is 13.0. The summed E-state index contributed by atoms with van der Waals surface area (Å²) in [6.07, 6.45) is 1.74. The predicted octanol–water partition coefficient (Wildman–Crippen LogP) is 3.68. The number of anilines is 2. The number of rotatable bonds is 3. The van der Waals surface area contributed by atoms with Crippen LogP contribution in [0.5, 0.6) is 0 Å². The van der Waals surface area contributed by atoms with Crippen molar-refractivity contribution >= 4 is 50.4 Å². The number of aryl methyl sites for hydroxylation is 2. The molecular formula is C19H19ClN4O2S. The van der Waals surface area contributed by atoms with Gasteiger partial charge >= 0.3 is 0 Å². The van der Waals surface area contributed by atoms with Crippen LogP contribution in [-0.2, 0) is 13.0 Å². The van der Waals surface area contributed by atoms with Crippen molar-refractivity contribution < 1.29 is 4.79 Å². The second kappa shape index (κ2) is 6.65. The molecule has 3 aromatic rings. The van der Waals surface area contributed by atoms with Gasteiger partial charge in [0.25, 0.3) is 11.5 Å². The molecule has 0 bridgehead atoms. The summed E-state index contributed by atoms with van der Waals surface area (Å²) in [5.41, 5.74) is 2.11. The molecule has 0 atom stereocenters. The first-order valence-electron chi connectivity index (χ1n) is 8.68. The molecule has 0 fully saturated rings. The summed E-state index contributed by atoms with van der Waals surface area (Å²) in [5.74, 6) is 0.552. The van der Waals surface area contributed by atoms with Crippen molar-refractivity contribution in [3.63, 3.8) is 0 Å². The summed E-state index contributed by atoms with van der Waals surface area (Å²) in [6, 6.07) is 5.36. The Morgan fingerprint density at radius 2 is 2.15 bits per heavy atom. The lowest BCUT2D eigenvalue weighted by Crippen LogP contribution is -2.21. The van der Waals surface area contributed by atoms with E-state index in [1.165, 1.54) is 11.3 Å². The summed E-state index contributed by atoms with van der Waals surface area (Å²) in [7, 11) is 3.80. The van der Waals surface area contributed by atoms with Crippen molar-refractivity contribution in [3.05, 3.63) is 49.8 Å². The highest BCUT2D eigenvalue weighted by Crippen LogP contribution is 2.32. The van der Waals surface area contributed by atoms with Crippen molar-refractivity contribution in [3.8, 4) is 0 Å². The number of carbonyl (C=O) groups excluding carboxylic acids is 1. The first kappa shape index (κ1) is 18.0. The van der Waals surface area contributed by atoms with Crippen LogP contribution in [-0.4, -0.2) is 29.6 Å². The molecule has 2 aromatic heterocycles. The molecule has 1 N–H and O–H groups in total. The average molecular weight is 403 g/mol. The molecule has 0 saturated carbocycles. The molecule has 0 aliphatic carbocycles. The Balaban J connectivity index is 1.77. The number of hydrogen-bond donors (Lipinski definition) is 1. The lowest BCUT2D eigenvalue weighted by atomic mass is 10.2. The van der Waals surface area contributed by atoms with Gasteiger partial charge in [-0.05, 0) is 37.1 Å². The molecule has 140 valence electrons. The number of hydrogen-bond acceptors (Lipinski definition) is 5. The van der Waals surface area contributed by atoms with Crippen LogP contribution in [0.15, 0.2) is 23.0 Å². The predicted molar refractivity (Wildman–Crippen MR) is 111 cm³/mol. The van der Waals surface area contributed by atoms with Gasteiger partial charge in [-0.1, -0.05) is 11.6 Å². The van der Waals surface area contributed by atoms with Crippen molar-refractivity contribution in [2.45, 2.75) is 26.3 Å². The highest BCUT2D eigenvalue weighted by Gasteiger charge is 2.23. The van der Waals surface area contributed by atoms with Gasteiger partial charge in [0.05, 0.1) is 21.6 Å². The van der Waals surface area contributed by atoms with E-state index < -0.39 is 0 Å². The summed E-state index contributed by atoms with van der Waals surface area (Å²) >= 11 is 7.37. The van der Waals surface area contributed by atoms with Gasteiger partial charge in [0.2, 0.25) is 0 Å². The molecule has 1 amide bonds. The molecule has 1 aliphatic heterocycles. The number of nitrogens with one attached hydrogen (secondary N) is 1. The van der Waals surface area contributed by atoms with Gasteiger partial charge in [-0.15, -0.1) is 11.3 Å². The number of halogens is 1. The van der Waals surface area contributed by atoms with Crippen molar-refractivity contribution in [1.29, 1.82) is 0 Å². The normalized spacial score (nSPS) is 13.0. The van der Waals surface area contributed by atoms with Gasteiger partial charge in [-0.3, -0.25) is 14.2 Å². The van der Waals surface area contributed by atoms with E-state index >= 15 is 0 Å². The SMILES string of the molecule is Cc1c(C(=O)Nc2cc(Cl)ccc2N(C)C)sc2nc3n(c(=O)c12)CCC3. The first-order chi connectivity index (χ1) is 12.9. The third-order valence-electron chi connectivity index (χ3n) is 4.81. The molecule has 27 heavy (non-hydrogen) atoms. The first-order valence-corrected chi connectivity index (χ1v) is 9.87. The Labute approximate surface area is 165 Å². The molecule has 0 radical (unpaired) electrons. The number of nitrogens with zero attached hydrogens (tertiary/aromatic N) is 3. The Bertz CT molecular complexity index is 1130. The van der Waals surface area contributed by atoms with E-state index in [1.54, 1.807) is 16.7 Å². The largest absolute Gasteiger partial charge is 0.376 e. The lowest BCUT2D eigenvalue weighted by Gasteiger charge is -2.18. The zero-order valence-corrected chi connectivity index (χ0v) is 16.9. The Hall–Kier alpha value is -2.38. The second-order valence-electron chi connectivity index (χ2n) is 6.83. The van der Waals surface area contributed by atoms with E-state index in [9.17, 15) is 9.59 Å². The van der Waals surface area contributed by atoms with Crippen LogP contribution in [0.2, 0.25) is 5.02 Å². The summed E-state index contributed by atoms with van der Waals surface area (Å²) in [6.45, 7) is 2.51. The van der Waals surface area contributed by atoms with Crippen molar-refractivity contribution in [1.82, 2.24) is 9.55 Å². The van der Waals surface area contributed by atoms with Crippen LogP contribution in [0.25, 0.3) is 10.2 Å². The maximum absolute atomic E-state index is 13.0. The molecule has 1 aliphatic rings. The molecule has 4 rings (SSSR count). The average Bonchev–Trinajstić information content (AvgIpc) is 3.20. The van der Waals surface area contributed by atoms with E-state index in [2.05, 4.69) is 10.3 Å². The molecule has 1 aromatic carbocycles. The third kappa shape index (κ3) is 3.00. The number of fused-ring (bicyclic) bond motifs is 2. The maximum Gasteiger partial charge on any atom is 0.266 e. The zero-order chi connectivity index (χ0) is 19.3. The quantitative estimate of drug-likeness (QED) is 0.725. The Morgan fingerprint density at radius 1 is 1.37 bits per heavy atom. The van der Waals surface area contributed by atoms with Crippen LogP contribution in [0.1, 0.15) is 27.5 Å². The topological polar surface area (TPSA) is 67.2 Å². The fourth-order valence-electron chi connectivity index (χ4n) is 3.47. The summed E-state index contributed by atoms with van der Waals surface area (Å²) in [5, 5.41) is 4.03. The van der Waals surface area contributed by atoms with Crippen LogP contribution in [0.3, 0.4) is 0 Å². The van der Waals surface area contributed by atoms with E-state index in [1.807, 2.05) is 32.0 Å². The Morgan fingerprint density at radius 3 is 2.89 bits per heavy atom. The Kier molecular flexibility index (Phi) is 4.44. The smallest absolute Gasteiger partial charge is 0.266 e. The highest BCUT2D eigenvalue weighted by atomic mass is 35.5. The lowest BCUT2D eigenvalue weighted by molar-refractivity contribution is 0.103. The number of benzene rings is 1. The molecular weight excluding hydrogens is 384 g/mol. The van der Waals surface area contributed by atoms with Gasteiger partial charge in [0, 0.05) is 32.1 Å². The van der Waals surface area contributed by atoms with Gasteiger partial charge in [-0.2, -0.15) is 0 Å². The second-order valence-corrected chi connectivity index (χ2v) is 8.27. The minimum Gasteiger partial charge on any atom is -0.376 e. The molecule has 0 saturated heterocycles. The van der Waals surface area contributed by atoms with E-state index in [4.69, 9.17) is 11.6 Å². The molecule has 0 unspecified atom stereocenters. The minimum absolute atomic E-state index is 0.0444. The standard InChI is InChI=1S/C19H19ClN4O2S/c1-10-15-18(22-14-5-4-8-24(14)19(15)26)27-16(10)17(25)21-12-9-11(20)6-7-13(12)23(2)3/h6-7,9H,4-5,8H2,1-3H3,(H,21,25). The third-order valence-corrected chi connectivity index (χ3v) is 6.23. The van der Waals surface area contributed by atoms with Crippen molar-refractivity contribution in [2.24, 2.45) is 0 Å². The van der Waals surface area contributed by atoms with E-state index in [0.29, 0.717) is 37.9 Å². The molecule has 0 spiro atoms. The summed E-state index contributed by atoms with van der Waals surface area (Å²) in [4.78, 5) is 33.4. The number of aromatic nitrogens is 2. The molecule has 8 heteroatoms. The van der Waals surface area contributed by atoms with Gasteiger partial charge in [0.1, 0.15) is 10.7 Å². The van der Waals surface area contributed by atoms with E-state index in [-0.39, 0.29) is 11.5 Å². The van der Waals surface area contributed by atoms with Crippen LogP contribution >= 0.6 is 22.9 Å². The fourth-order valence-corrected chi connectivity index (χ4v) is 4.73. The summed E-state index contributed by atoms with van der Waals surface area (Å²) < 4.78 is 1.73. The van der Waals surface area contributed by atoms with E-state index in [0.717, 1.165) is 24.4 Å². The van der Waals surface area contributed by atoms with Crippen LogP contribution in [0, 0.1) is 6.92 Å². The molecule has 3 heterocycles. The van der Waals surface area contributed by atoms with Crippen LogP contribution < -0.4 is 15.8 Å². The number of amides is 1. The minimum atomic E-state index is -0.259. The van der Waals surface area contributed by atoms with Crippen LogP contribution in [0.4, 0.5) is 11.4 Å². The van der Waals surface area contributed by atoms with Gasteiger partial charge in [-0.25, -0.2) is 4.98 Å². The highest BCUT2D eigenvalue weighted by molar-refractivity contribution is 7.20. The van der Waals surface area contributed by atoms with Gasteiger partial charge in [0.15, 0.2) is 0 Å². The number of thiophene rings is 1. The number of carbonyl (C=O) groups is 1. The molecule has 6 nitrogen and oxygen atoms in total. The fraction of sp³-hybridized carbons (Fsp3) is 0.316. The van der Waals surface area contributed by atoms with Gasteiger partial charge < -0.3 is 10.2 Å². The van der Waals surface area contributed by atoms with Crippen molar-refractivity contribution in [2.75, 3.05) is 24.3 Å². The monoisotopic (exact) mass is 402 g/mol.